The Labute approximate surface area is 114 Å². The van der Waals surface area contributed by atoms with Crippen LogP contribution in [0.1, 0.15) is 5.56 Å². The zero-order chi connectivity index (χ0) is 15.4. The molecular weight excluding hydrogens is 299 g/mol. The second-order valence-electron chi connectivity index (χ2n) is 3.87. The molecule has 0 fully saturated rings. The first-order valence-corrected chi connectivity index (χ1v) is 7.07. The fourth-order valence-electron chi connectivity index (χ4n) is 1.45. The Kier molecular flexibility index (Phi) is 5.23. The molecule has 0 aliphatic rings. The molecule has 9 heteroatoms. The summed E-state index contributed by atoms with van der Waals surface area (Å²) in [5, 5.41) is 0. The summed E-state index contributed by atoms with van der Waals surface area (Å²) >= 11 is 0. The molecule has 1 aromatic carbocycles. The third-order valence-electron chi connectivity index (χ3n) is 2.33. The van der Waals surface area contributed by atoms with Crippen molar-refractivity contribution in [2.45, 2.75) is 12.7 Å². The van der Waals surface area contributed by atoms with Gasteiger partial charge in [0.15, 0.2) is 5.75 Å². The van der Waals surface area contributed by atoms with E-state index < -0.39 is 22.0 Å². The summed E-state index contributed by atoms with van der Waals surface area (Å²) < 4.78 is 70.5. The van der Waals surface area contributed by atoms with Gasteiger partial charge in [-0.3, -0.25) is 0 Å². The molecule has 1 N–H and O–H groups in total. The summed E-state index contributed by atoms with van der Waals surface area (Å²) in [6, 6.07) is 4.57. The van der Waals surface area contributed by atoms with E-state index in [9.17, 15) is 21.6 Å². The molecule has 0 saturated heterocycles. The number of alkyl halides is 3. The van der Waals surface area contributed by atoms with Gasteiger partial charge in [0.25, 0.3) is 0 Å². The third kappa shape index (κ3) is 5.25. The predicted octanol–water partition coefficient (Wildman–Crippen LogP) is 1.69. The van der Waals surface area contributed by atoms with Gasteiger partial charge in [-0.25, -0.2) is 13.1 Å². The first-order chi connectivity index (χ1) is 9.17. The number of halogens is 3. The number of nitrogens with one attached hydrogen (secondary N) is 1. The van der Waals surface area contributed by atoms with Crippen molar-refractivity contribution in [2.24, 2.45) is 0 Å². The summed E-state index contributed by atoms with van der Waals surface area (Å²) in [5.74, 6) is -1.11. The van der Waals surface area contributed by atoms with Gasteiger partial charge in [0.2, 0.25) is 10.0 Å². The molecule has 1 aromatic rings. The number of benzene rings is 1. The molecule has 0 aliphatic carbocycles. The molecule has 114 valence electrons. The van der Waals surface area contributed by atoms with Crippen LogP contribution in [0.3, 0.4) is 0 Å². The Bertz CT molecular complexity index is 557. The lowest BCUT2D eigenvalue weighted by Crippen LogP contribution is -2.33. The molecule has 1 rings (SSSR count). The molecule has 5 nitrogen and oxygen atoms in total. The highest BCUT2D eigenvalue weighted by molar-refractivity contribution is 7.89. The lowest BCUT2D eigenvalue weighted by atomic mass is 10.2. The van der Waals surface area contributed by atoms with Crippen LogP contribution < -0.4 is 14.2 Å². The molecule has 0 amide bonds. The fourth-order valence-corrected chi connectivity index (χ4v) is 2.36. The summed E-state index contributed by atoms with van der Waals surface area (Å²) in [6.07, 6.45) is -4.78. The number of methoxy groups -OCH3 is 2. The lowest BCUT2D eigenvalue weighted by Gasteiger charge is -2.12. The van der Waals surface area contributed by atoms with Crippen LogP contribution in [0.4, 0.5) is 13.2 Å². The molecule has 0 aliphatic heterocycles. The molecular formula is C11H14F3NO4S. The van der Waals surface area contributed by atoms with E-state index in [-0.39, 0.29) is 6.54 Å². The third-order valence-corrected chi connectivity index (χ3v) is 3.62. The Morgan fingerprint density at radius 2 is 1.85 bits per heavy atom. The van der Waals surface area contributed by atoms with Gasteiger partial charge in [-0.05, 0) is 6.07 Å². The van der Waals surface area contributed by atoms with Gasteiger partial charge >= 0.3 is 6.18 Å². The van der Waals surface area contributed by atoms with Crippen molar-refractivity contribution in [3.05, 3.63) is 23.8 Å². The van der Waals surface area contributed by atoms with E-state index in [2.05, 4.69) is 0 Å². The number of hydrogen-bond donors (Lipinski definition) is 1. The van der Waals surface area contributed by atoms with E-state index in [0.29, 0.717) is 17.1 Å². The Balaban J connectivity index is 2.80. The van der Waals surface area contributed by atoms with Gasteiger partial charge in [0.05, 0.1) is 14.2 Å². The monoisotopic (exact) mass is 313 g/mol. The van der Waals surface area contributed by atoms with Crippen LogP contribution in [-0.2, 0) is 16.6 Å². The van der Waals surface area contributed by atoms with Crippen molar-refractivity contribution in [3.63, 3.8) is 0 Å². The molecule has 0 saturated carbocycles. The fraction of sp³-hybridized carbons (Fsp3) is 0.455. The van der Waals surface area contributed by atoms with Gasteiger partial charge in [-0.2, -0.15) is 13.2 Å². The van der Waals surface area contributed by atoms with E-state index in [4.69, 9.17) is 9.47 Å². The van der Waals surface area contributed by atoms with Crippen molar-refractivity contribution >= 4 is 10.0 Å². The van der Waals surface area contributed by atoms with Gasteiger partial charge in [-0.1, -0.05) is 6.07 Å². The number of ether oxygens (including phenoxy) is 2. The molecule has 0 bridgehead atoms. The topological polar surface area (TPSA) is 64.6 Å². The summed E-state index contributed by atoms with van der Waals surface area (Å²) in [5.41, 5.74) is 0.402. The predicted molar refractivity (Wildman–Crippen MR) is 66.2 cm³/mol. The first-order valence-electron chi connectivity index (χ1n) is 5.42. The van der Waals surface area contributed by atoms with Crippen molar-refractivity contribution in [1.82, 2.24) is 4.72 Å². The molecule has 0 unspecified atom stereocenters. The molecule has 0 spiro atoms. The van der Waals surface area contributed by atoms with Crippen molar-refractivity contribution in [2.75, 3.05) is 20.0 Å². The second-order valence-corrected chi connectivity index (χ2v) is 5.68. The van der Waals surface area contributed by atoms with E-state index in [1.54, 1.807) is 6.07 Å². The highest BCUT2D eigenvalue weighted by atomic mass is 32.2. The number of rotatable bonds is 6. The first kappa shape index (κ1) is 16.6. The molecule has 0 radical (unpaired) electrons. The maximum absolute atomic E-state index is 12.1. The summed E-state index contributed by atoms with van der Waals surface area (Å²) in [7, 11) is -1.63. The van der Waals surface area contributed by atoms with Crippen LogP contribution in [0, 0.1) is 0 Å². The number of hydrogen-bond acceptors (Lipinski definition) is 4. The summed E-state index contributed by atoms with van der Waals surface area (Å²) in [6.45, 7) is -0.300. The number of sulfonamides is 1. The Hall–Kier alpha value is -1.48. The Morgan fingerprint density at radius 3 is 2.35 bits per heavy atom. The molecule has 0 atom stereocenters. The van der Waals surface area contributed by atoms with Gasteiger partial charge in [0.1, 0.15) is 11.5 Å². The van der Waals surface area contributed by atoms with Gasteiger partial charge < -0.3 is 9.47 Å². The van der Waals surface area contributed by atoms with E-state index in [1.165, 1.54) is 26.4 Å². The average molecular weight is 313 g/mol. The van der Waals surface area contributed by atoms with Crippen LogP contribution in [0.25, 0.3) is 0 Å². The average Bonchev–Trinajstić information content (AvgIpc) is 2.33. The van der Waals surface area contributed by atoms with Crippen LogP contribution in [0.15, 0.2) is 18.2 Å². The van der Waals surface area contributed by atoms with Gasteiger partial charge in [0, 0.05) is 18.2 Å². The largest absolute Gasteiger partial charge is 0.497 e. The van der Waals surface area contributed by atoms with Crippen molar-refractivity contribution < 1.29 is 31.1 Å². The minimum absolute atomic E-state index is 0.300. The SMILES string of the molecule is COc1ccc(CNS(=O)(=O)CC(F)(F)F)c(OC)c1. The van der Waals surface area contributed by atoms with E-state index >= 15 is 0 Å². The zero-order valence-corrected chi connectivity index (χ0v) is 11.6. The molecule has 20 heavy (non-hydrogen) atoms. The quantitative estimate of drug-likeness (QED) is 0.868. The molecule has 0 heterocycles. The Morgan fingerprint density at radius 1 is 1.20 bits per heavy atom. The minimum Gasteiger partial charge on any atom is -0.497 e. The maximum atomic E-state index is 12.1. The smallest absolute Gasteiger partial charge is 0.404 e. The van der Waals surface area contributed by atoms with Crippen LogP contribution in [0.2, 0.25) is 0 Å². The molecule has 0 aromatic heterocycles. The van der Waals surface area contributed by atoms with Crippen LogP contribution in [0.5, 0.6) is 11.5 Å². The zero-order valence-electron chi connectivity index (χ0n) is 10.8. The van der Waals surface area contributed by atoms with Crippen molar-refractivity contribution in [3.8, 4) is 11.5 Å². The second kappa shape index (κ2) is 6.31. The minimum atomic E-state index is -4.78. The van der Waals surface area contributed by atoms with Crippen LogP contribution >= 0.6 is 0 Å². The highest BCUT2D eigenvalue weighted by Gasteiger charge is 2.34. The maximum Gasteiger partial charge on any atom is 0.404 e. The normalized spacial score (nSPS) is 12.2. The van der Waals surface area contributed by atoms with Gasteiger partial charge in [-0.15, -0.1) is 0 Å². The van der Waals surface area contributed by atoms with E-state index in [1.807, 2.05) is 4.72 Å². The highest BCUT2D eigenvalue weighted by Crippen LogP contribution is 2.25. The summed E-state index contributed by atoms with van der Waals surface area (Å²) in [4.78, 5) is 0. The van der Waals surface area contributed by atoms with E-state index in [0.717, 1.165) is 0 Å². The van der Waals surface area contributed by atoms with Crippen LogP contribution in [-0.4, -0.2) is 34.6 Å². The van der Waals surface area contributed by atoms with Crippen molar-refractivity contribution in [1.29, 1.82) is 0 Å². The lowest BCUT2D eigenvalue weighted by molar-refractivity contribution is -0.106. The standard InChI is InChI=1S/C11H14F3NO4S/c1-18-9-4-3-8(10(5-9)19-2)6-15-20(16,17)7-11(12,13)14/h3-5,15H,6-7H2,1-2H3.